The molecular weight excluding hydrogens is 324 g/mol. The van der Waals surface area contributed by atoms with E-state index >= 15 is 0 Å². The number of rotatable bonds is 3. The number of H-pyrrole nitrogens is 1. The lowest BCUT2D eigenvalue weighted by Crippen LogP contribution is -2.16. The zero-order chi connectivity index (χ0) is 12.4. The second kappa shape index (κ2) is 4.94. The molecule has 0 unspecified atom stereocenters. The number of carbonyl (C=O) groups excluding carboxylic acids is 1. The molecule has 2 rings (SSSR count). The first-order chi connectivity index (χ1) is 8.08. The Morgan fingerprint density at radius 3 is 2.94 bits per heavy atom. The second-order valence-electron chi connectivity index (χ2n) is 3.08. The van der Waals surface area contributed by atoms with E-state index < -0.39 is 0 Å². The summed E-state index contributed by atoms with van der Waals surface area (Å²) in [7, 11) is 0. The Bertz CT molecular complexity index is 577. The summed E-state index contributed by atoms with van der Waals surface area (Å²) in [5.74, 6) is 0.175. The lowest BCUT2D eigenvalue weighted by atomic mass is 10.3. The Balaban J connectivity index is 2.18. The van der Waals surface area contributed by atoms with Gasteiger partial charge in [-0.1, -0.05) is 12.2 Å². The van der Waals surface area contributed by atoms with E-state index in [2.05, 4.69) is 31.4 Å². The fourth-order valence-corrected chi connectivity index (χ4v) is 2.62. The van der Waals surface area contributed by atoms with Crippen molar-refractivity contribution in [2.45, 2.75) is 0 Å². The van der Waals surface area contributed by atoms with Crippen molar-refractivity contribution in [1.29, 1.82) is 0 Å². The van der Waals surface area contributed by atoms with Crippen LogP contribution in [0, 0.1) is 0 Å². The van der Waals surface area contributed by atoms with Crippen LogP contribution in [0.4, 0.5) is 5.82 Å². The van der Waals surface area contributed by atoms with Gasteiger partial charge in [0.15, 0.2) is 0 Å². The largest absolute Gasteiger partial charge is 0.389 e. The Kier molecular flexibility index (Phi) is 3.55. The predicted molar refractivity (Wildman–Crippen MR) is 74.4 cm³/mol. The van der Waals surface area contributed by atoms with Crippen molar-refractivity contribution >= 4 is 56.2 Å². The van der Waals surface area contributed by atoms with Gasteiger partial charge in [0.25, 0.3) is 5.91 Å². The lowest BCUT2D eigenvalue weighted by Gasteiger charge is -2.02. The van der Waals surface area contributed by atoms with Gasteiger partial charge >= 0.3 is 0 Å². The van der Waals surface area contributed by atoms with Crippen LogP contribution in [0.15, 0.2) is 22.1 Å². The Morgan fingerprint density at radius 1 is 1.59 bits per heavy atom. The highest BCUT2D eigenvalue weighted by Gasteiger charge is 2.13. The summed E-state index contributed by atoms with van der Waals surface area (Å²) in [6.45, 7) is 0. The Morgan fingerprint density at radius 2 is 2.35 bits per heavy atom. The van der Waals surface area contributed by atoms with E-state index in [-0.39, 0.29) is 10.9 Å². The lowest BCUT2D eigenvalue weighted by molar-refractivity contribution is 0.103. The minimum absolute atomic E-state index is 0.182. The molecule has 0 bridgehead atoms. The molecule has 0 aliphatic carbocycles. The molecule has 2 aromatic rings. The van der Waals surface area contributed by atoms with Crippen molar-refractivity contribution < 1.29 is 4.79 Å². The van der Waals surface area contributed by atoms with E-state index in [0.29, 0.717) is 16.3 Å². The first kappa shape index (κ1) is 12.2. The van der Waals surface area contributed by atoms with Crippen molar-refractivity contribution in [3.05, 3.63) is 32.6 Å². The van der Waals surface area contributed by atoms with Gasteiger partial charge in [0.05, 0.1) is 20.4 Å². The van der Waals surface area contributed by atoms with Gasteiger partial charge in [0, 0.05) is 0 Å². The van der Waals surface area contributed by atoms with Gasteiger partial charge in [0.2, 0.25) is 0 Å². The van der Waals surface area contributed by atoms with Gasteiger partial charge in [-0.3, -0.25) is 9.89 Å². The van der Waals surface area contributed by atoms with Gasteiger partial charge in [-0.05, 0) is 28.1 Å². The number of hydrogen-bond donors (Lipinski definition) is 3. The molecule has 2 heterocycles. The number of carbonyl (C=O) groups is 1. The number of anilines is 1. The minimum Gasteiger partial charge on any atom is -0.389 e. The second-order valence-corrected chi connectivity index (χ2v) is 5.98. The molecule has 0 atom stereocenters. The van der Waals surface area contributed by atoms with Gasteiger partial charge in [-0.25, -0.2) is 0 Å². The van der Waals surface area contributed by atoms with Crippen LogP contribution in [0.5, 0.6) is 0 Å². The zero-order valence-corrected chi connectivity index (χ0v) is 11.6. The summed E-state index contributed by atoms with van der Waals surface area (Å²) in [6.07, 6.45) is 1.47. The number of nitrogens with two attached hydrogens (primary N) is 1. The number of aromatic amines is 1. The molecule has 0 spiro atoms. The monoisotopic (exact) mass is 330 g/mol. The van der Waals surface area contributed by atoms with Crippen LogP contribution in [0.3, 0.4) is 0 Å². The number of hydrogen-bond acceptors (Lipinski definition) is 4. The molecule has 0 aromatic carbocycles. The summed E-state index contributed by atoms with van der Waals surface area (Å²) >= 11 is 9.47. The molecule has 4 N–H and O–H groups in total. The van der Waals surface area contributed by atoms with Gasteiger partial charge in [-0.2, -0.15) is 5.10 Å². The van der Waals surface area contributed by atoms with Crippen molar-refractivity contribution in [2.75, 3.05) is 5.32 Å². The summed E-state index contributed by atoms with van der Waals surface area (Å²) in [5.41, 5.74) is 6.01. The number of nitrogens with one attached hydrogen (secondary N) is 2. The van der Waals surface area contributed by atoms with E-state index in [9.17, 15) is 4.79 Å². The van der Waals surface area contributed by atoms with Crippen molar-refractivity contribution in [1.82, 2.24) is 10.2 Å². The number of halogens is 1. The number of nitrogens with zero attached hydrogens (tertiary/aromatic N) is 1. The SMILES string of the molecule is NC(=S)c1cn[nH]c1NC(=O)c1ccc(Br)s1. The van der Waals surface area contributed by atoms with E-state index in [0.717, 1.165) is 3.79 Å². The van der Waals surface area contributed by atoms with E-state index in [1.54, 1.807) is 12.1 Å². The first-order valence-corrected chi connectivity index (χ1v) is 6.49. The highest BCUT2D eigenvalue weighted by atomic mass is 79.9. The van der Waals surface area contributed by atoms with Gasteiger partial charge in [0.1, 0.15) is 10.8 Å². The zero-order valence-electron chi connectivity index (χ0n) is 8.36. The standard InChI is InChI=1S/C9H7BrN4OS2/c10-6-2-1-5(17-6)9(15)13-8-4(7(11)16)3-12-14-8/h1-3H,(H2,11,16)(H2,12,13,14,15). The number of thiocarbonyl (C=S) groups is 1. The summed E-state index contributed by atoms with van der Waals surface area (Å²) in [4.78, 5) is 12.6. The third-order valence-corrected chi connectivity index (χ3v) is 3.78. The van der Waals surface area contributed by atoms with Crippen LogP contribution in [0.2, 0.25) is 0 Å². The van der Waals surface area contributed by atoms with Crippen molar-refractivity contribution in [3.8, 4) is 0 Å². The molecule has 0 aliphatic heterocycles. The van der Waals surface area contributed by atoms with Crippen LogP contribution in [0.25, 0.3) is 0 Å². The quantitative estimate of drug-likeness (QED) is 0.752. The third kappa shape index (κ3) is 2.71. The molecule has 0 saturated heterocycles. The summed E-state index contributed by atoms with van der Waals surface area (Å²) in [5, 5.41) is 9.09. The maximum atomic E-state index is 11.8. The molecule has 0 aliphatic rings. The summed E-state index contributed by atoms with van der Waals surface area (Å²) < 4.78 is 0.891. The number of thiophene rings is 1. The normalized spacial score (nSPS) is 10.2. The molecule has 0 radical (unpaired) electrons. The fraction of sp³-hybridized carbons (Fsp3) is 0. The molecule has 17 heavy (non-hydrogen) atoms. The van der Waals surface area contributed by atoms with E-state index in [1.807, 2.05) is 0 Å². The van der Waals surface area contributed by atoms with Crippen LogP contribution in [-0.4, -0.2) is 21.1 Å². The van der Waals surface area contributed by atoms with Crippen LogP contribution in [0.1, 0.15) is 15.2 Å². The van der Waals surface area contributed by atoms with E-state index in [1.165, 1.54) is 17.5 Å². The maximum Gasteiger partial charge on any atom is 0.266 e. The van der Waals surface area contributed by atoms with Gasteiger partial charge in [-0.15, -0.1) is 11.3 Å². The molecule has 1 amide bonds. The number of amides is 1. The van der Waals surface area contributed by atoms with Crippen molar-refractivity contribution in [2.24, 2.45) is 5.73 Å². The Labute approximate surface area is 115 Å². The first-order valence-electron chi connectivity index (χ1n) is 4.48. The molecule has 0 fully saturated rings. The smallest absolute Gasteiger partial charge is 0.266 e. The van der Waals surface area contributed by atoms with Crippen molar-refractivity contribution in [3.63, 3.8) is 0 Å². The molecular formula is C9H7BrN4OS2. The highest BCUT2D eigenvalue weighted by molar-refractivity contribution is 9.11. The van der Waals surface area contributed by atoms with Crippen LogP contribution < -0.4 is 11.1 Å². The molecule has 2 aromatic heterocycles. The average Bonchev–Trinajstić information content (AvgIpc) is 2.86. The van der Waals surface area contributed by atoms with Crippen LogP contribution in [-0.2, 0) is 0 Å². The minimum atomic E-state index is -0.234. The molecule has 0 saturated carbocycles. The average molecular weight is 331 g/mol. The fourth-order valence-electron chi connectivity index (χ4n) is 1.18. The molecule has 88 valence electrons. The third-order valence-electron chi connectivity index (χ3n) is 1.94. The number of aromatic nitrogens is 2. The highest BCUT2D eigenvalue weighted by Crippen LogP contribution is 2.23. The summed E-state index contributed by atoms with van der Waals surface area (Å²) in [6, 6.07) is 3.53. The predicted octanol–water partition coefficient (Wildman–Crippen LogP) is 2.12. The molecule has 8 heteroatoms. The Hall–Kier alpha value is -1.25. The molecule has 5 nitrogen and oxygen atoms in total. The topological polar surface area (TPSA) is 83.8 Å². The van der Waals surface area contributed by atoms with Gasteiger partial charge < -0.3 is 11.1 Å². The van der Waals surface area contributed by atoms with E-state index in [4.69, 9.17) is 18.0 Å². The maximum absolute atomic E-state index is 11.8. The van der Waals surface area contributed by atoms with Crippen LogP contribution >= 0.6 is 39.5 Å².